The molecule has 2 heteroatoms. The van der Waals surface area contributed by atoms with Gasteiger partial charge >= 0.3 is 0 Å². The Morgan fingerprint density at radius 3 is 2.30 bits per heavy atom. The van der Waals surface area contributed by atoms with Crippen LogP contribution in [0.2, 0.25) is 0 Å². The molecular formula is C8H17BrS. The second-order valence-electron chi connectivity index (χ2n) is 2.82. The van der Waals surface area contributed by atoms with Crippen LogP contribution in [-0.4, -0.2) is 16.8 Å². The van der Waals surface area contributed by atoms with Gasteiger partial charge in [-0.2, -0.15) is 11.8 Å². The first kappa shape index (κ1) is 10.8. The van der Waals surface area contributed by atoms with Gasteiger partial charge in [-0.25, -0.2) is 0 Å². The Bertz CT molecular complexity index is 73.7. The quantitative estimate of drug-likeness (QED) is 0.646. The molecule has 0 aromatic rings. The summed E-state index contributed by atoms with van der Waals surface area (Å²) in [5.41, 5.74) is 0. The Hall–Kier alpha value is 0.830. The molecule has 0 N–H and O–H groups in total. The first-order valence-corrected chi connectivity index (χ1v) is 6.13. The molecule has 1 atom stereocenters. The van der Waals surface area contributed by atoms with E-state index in [0.29, 0.717) is 0 Å². The van der Waals surface area contributed by atoms with Gasteiger partial charge in [0.15, 0.2) is 0 Å². The van der Waals surface area contributed by atoms with Crippen molar-refractivity contribution in [2.45, 2.75) is 20.8 Å². The van der Waals surface area contributed by atoms with Crippen LogP contribution >= 0.6 is 27.7 Å². The predicted molar refractivity (Wildman–Crippen MR) is 55.1 cm³/mol. The first-order chi connectivity index (χ1) is 4.72. The summed E-state index contributed by atoms with van der Waals surface area (Å²) in [5.74, 6) is 4.22. The van der Waals surface area contributed by atoms with Crippen molar-refractivity contribution < 1.29 is 0 Å². The highest BCUT2D eigenvalue weighted by molar-refractivity contribution is 9.09. The van der Waals surface area contributed by atoms with E-state index in [0.717, 1.165) is 17.2 Å². The highest BCUT2D eigenvalue weighted by Gasteiger charge is 2.10. The number of halogens is 1. The minimum absolute atomic E-state index is 0.818. The van der Waals surface area contributed by atoms with Gasteiger partial charge < -0.3 is 0 Å². The number of hydrogen-bond acceptors (Lipinski definition) is 1. The van der Waals surface area contributed by atoms with Crippen LogP contribution in [0.5, 0.6) is 0 Å². The molecule has 0 saturated heterocycles. The molecule has 0 radical (unpaired) electrons. The maximum absolute atomic E-state index is 3.53. The maximum Gasteiger partial charge on any atom is 0.00699 e. The molecule has 0 spiro atoms. The van der Waals surface area contributed by atoms with Crippen LogP contribution in [0.25, 0.3) is 0 Å². The third-order valence-corrected chi connectivity index (χ3v) is 3.58. The fourth-order valence-electron chi connectivity index (χ4n) is 0.684. The van der Waals surface area contributed by atoms with E-state index in [1.807, 2.05) is 11.8 Å². The van der Waals surface area contributed by atoms with E-state index in [-0.39, 0.29) is 0 Å². The van der Waals surface area contributed by atoms with Gasteiger partial charge in [0, 0.05) is 5.33 Å². The van der Waals surface area contributed by atoms with Gasteiger partial charge in [-0.3, -0.25) is 0 Å². The summed E-state index contributed by atoms with van der Waals surface area (Å²) < 4.78 is 0. The zero-order valence-electron chi connectivity index (χ0n) is 7.06. The summed E-state index contributed by atoms with van der Waals surface area (Å²) in [4.78, 5) is 0. The van der Waals surface area contributed by atoms with Crippen LogP contribution in [0, 0.1) is 11.8 Å². The van der Waals surface area contributed by atoms with Crippen molar-refractivity contribution >= 4 is 27.7 Å². The van der Waals surface area contributed by atoms with Crippen molar-refractivity contribution in [3.05, 3.63) is 0 Å². The van der Waals surface area contributed by atoms with Crippen LogP contribution in [0.4, 0.5) is 0 Å². The molecule has 0 amide bonds. The van der Waals surface area contributed by atoms with Crippen molar-refractivity contribution in [3.63, 3.8) is 0 Å². The van der Waals surface area contributed by atoms with E-state index in [2.05, 4.69) is 36.7 Å². The van der Waals surface area contributed by atoms with E-state index < -0.39 is 0 Å². The Kier molecular flexibility index (Phi) is 7.08. The van der Waals surface area contributed by atoms with Gasteiger partial charge in [-0.15, -0.1) is 0 Å². The highest BCUT2D eigenvalue weighted by atomic mass is 79.9. The van der Waals surface area contributed by atoms with Crippen LogP contribution in [0.1, 0.15) is 20.8 Å². The number of hydrogen-bond donors (Lipinski definition) is 0. The van der Waals surface area contributed by atoms with Crippen molar-refractivity contribution in [2.24, 2.45) is 11.8 Å². The molecule has 0 aromatic heterocycles. The second kappa shape index (κ2) is 6.53. The van der Waals surface area contributed by atoms with Gasteiger partial charge in [-0.1, -0.05) is 36.7 Å². The van der Waals surface area contributed by atoms with E-state index in [9.17, 15) is 0 Å². The summed E-state index contributed by atoms with van der Waals surface area (Å²) in [6, 6.07) is 0. The maximum atomic E-state index is 3.53. The highest BCUT2D eigenvalue weighted by Crippen LogP contribution is 2.18. The average Bonchev–Trinajstić information content (AvgIpc) is 1.89. The van der Waals surface area contributed by atoms with Gasteiger partial charge in [0.1, 0.15) is 0 Å². The third kappa shape index (κ3) is 4.62. The average molecular weight is 225 g/mol. The SMILES string of the molecule is CCSCC(CBr)C(C)C. The molecule has 0 aliphatic heterocycles. The minimum Gasteiger partial charge on any atom is -0.162 e. The molecule has 0 bridgehead atoms. The van der Waals surface area contributed by atoms with Crippen LogP contribution in [-0.2, 0) is 0 Å². The third-order valence-electron chi connectivity index (χ3n) is 1.68. The zero-order chi connectivity index (χ0) is 7.98. The monoisotopic (exact) mass is 224 g/mol. The Morgan fingerprint density at radius 1 is 1.40 bits per heavy atom. The number of rotatable bonds is 5. The second-order valence-corrected chi connectivity index (χ2v) is 4.78. The van der Waals surface area contributed by atoms with Gasteiger partial charge in [0.25, 0.3) is 0 Å². The lowest BCUT2D eigenvalue weighted by Gasteiger charge is -2.16. The standard InChI is InChI=1S/C8H17BrS/c1-4-10-6-8(5-9)7(2)3/h7-8H,4-6H2,1-3H3. The number of alkyl halides is 1. The lowest BCUT2D eigenvalue weighted by molar-refractivity contribution is 0.475. The number of thioether (sulfide) groups is 1. The Balaban J connectivity index is 3.40. The molecule has 10 heavy (non-hydrogen) atoms. The lowest BCUT2D eigenvalue weighted by atomic mass is 10.0. The largest absolute Gasteiger partial charge is 0.162 e. The summed E-state index contributed by atoms with van der Waals surface area (Å²) in [5, 5.41) is 1.15. The Labute approximate surface area is 77.3 Å². The summed E-state index contributed by atoms with van der Waals surface area (Å²) in [6.45, 7) is 6.81. The molecule has 0 nitrogen and oxygen atoms in total. The molecular weight excluding hydrogens is 208 g/mol. The Morgan fingerprint density at radius 2 is 2.00 bits per heavy atom. The van der Waals surface area contributed by atoms with E-state index >= 15 is 0 Å². The summed E-state index contributed by atoms with van der Waals surface area (Å²) >= 11 is 5.57. The summed E-state index contributed by atoms with van der Waals surface area (Å²) in [6.07, 6.45) is 0. The smallest absolute Gasteiger partial charge is 0.00699 e. The van der Waals surface area contributed by atoms with Crippen LogP contribution in [0.3, 0.4) is 0 Å². The molecule has 0 saturated carbocycles. The molecule has 0 aliphatic rings. The van der Waals surface area contributed by atoms with Gasteiger partial charge in [0.2, 0.25) is 0 Å². The van der Waals surface area contributed by atoms with Gasteiger partial charge in [0.05, 0.1) is 0 Å². The summed E-state index contributed by atoms with van der Waals surface area (Å²) in [7, 11) is 0. The fourth-order valence-corrected chi connectivity index (χ4v) is 3.01. The normalized spacial score (nSPS) is 14.1. The van der Waals surface area contributed by atoms with Crippen molar-refractivity contribution in [1.29, 1.82) is 0 Å². The zero-order valence-corrected chi connectivity index (χ0v) is 9.46. The molecule has 0 heterocycles. The minimum atomic E-state index is 0.818. The topological polar surface area (TPSA) is 0 Å². The molecule has 0 fully saturated rings. The lowest BCUT2D eigenvalue weighted by Crippen LogP contribution is -2.12. The van der Waals surface area contributed by atoms with E-state index in [1.54, 1.807) is 0 Å². The fraction of sp³-hybridized carbons (Fsp3) is 1.00. The van der Waals surface area contributed by atoms with Crippen molar-refractivity contribution in [1.82, 2.24) is 0 Å². The molecule has 0 aliphatic carbocycles. The molecule has 62 valence electrons. The first-order valence-electron chi connectivity index (χ1n) is 3.86. The predicted octanol–water partition coefficient (Wildman–Crippen LogP) is 3.41. The van der Waals surface area contributed by atoms with Gasteiger partial charge in [-0.05, 0) is 23.3 Å². The molecule has 0 rings (SSSR count). The van der Waals surface area contributed by atoms with E-state index in [1.165, 1.54) is 11.5 Å². The molecule has 1 unspecified atom stereocenters. The van der Waals surface area contributed by atoms with Crippen molar-refractivity contribution in [3.8, 4) is 0 Å². The van der Waals surface area contributed by atoms with E-state index in [4.69, 9.17) is 0 Å². The van der Waals surface area contributed by atoms with Crippen LogP contribution < -0.4 is 0 Å². The van der Waals surface area contributed by atoms with Crippen molar-refractivity contribution in [2.75, 3.05) is 16.8 Å². The van der Waals surface area contributed by atoms with Crippen LogP contribution in [0.15, 0.2) is 0 Å². The molecule has 0 aromatic carbocycles.